The Balaban J connectivity index is 1.39. The molecule has 150 valence electrons. The summed E-state index contributed by atoms with van der Waals surface area (Å²) in [5.41, 5.74) is 0.582. The van der Waals surface area contributed by atoms with Crippen LogP contribution in [0.15, 0.2) is 23.8 Å². The van der Waals surface area contributed by atoms with Gasteiger partial charge in [0, 0.05) is 17.9 Å². The van der Waals surface area contributed by atoms with Crippen LogP contribution in [-0.4, -0.2) is 27.6 Å². The molecule has 6 aliphatic rings. The van der Waals surface area contributed by atoms with Crippen molar-refractivity contribution >= 4 is 11.8 Å². The highest BCUT2D eigenvalue weighted by Crippen LogP contribution is 2.78. The number of hydrogen-bond acceptors (Lipinski definition) is 3. The standard InChI is InChI=1S/C24H30O4/c1-22-6-4-14-15-3-2-13(25)10-18(15)23(8-9-23)12-17(14)21(22)16-11-19(16)24(22,28)7-5-20(26)27/h5,7,10,14-17,19,21,28H,2-4,6,8-9,11-12H2,1H3,(H,26,27)/b7-5-/t14-,15-,16+,17-,19-,21+,22+,24+/m1/s1. The molecule has 0 aromatic heterocycles. The lowest BCUT2D eigenvalue weighted by molar-refractivity contribution is -0.132. The lowest BCUT2D eigenvalue weighted by Gasteiger charge is -2.58. The number of fused-ring (bicyclic) bond motifs is 8. The van der Waals surface area contributed by atoms with Gasteiger partial charge in [-0.2, -0.15) is 0 Å². The molecular formula is C24H30O4. The minimum Gasteiger partial charge on any atom is -0.478 e. The fraction of sp³-hybridized carbons (Fsp3) is 0.750. The van der Waals surface area contributed by atoms with Gasteiger partial charge in [-0.3, -0.25) is 4.79 Å². The zero-order valence-electron chi connectivity index (χ0n) is 16.6. The first kappa shape index (κ1) is 17.4. The summed E-state index contributed by atoms with van der Waals surface area (Å²) in [4.78, 5) is 23.3. The highest BCUT2D eigenvalue weighted by molar-refractivity contribution is 5.91. The van der Waals surface area contributed by atoms with E-state index in [-0.39, 0.29) is 16.7 Å². The third-order valence-electron chi connectivity index (χ3n) is 10.0. The largest absolute Gasteiger partial charge is 0.478 e. The second-order valence-electron chi connectivity index (χ2n) is 11.0. The molecule has 0 aromatic carbocycles. The van der Waals surface area contributed by atoms with Gasteiger partial charge < -0.3 is 10.2 Å². The summed E-state index contributed by atoms with van der Waals surface area (Å²) in [6.07, 6.45) is 13.3. The second kappa shape index (κ2) is 5.19. The molecule has 0 unspecified atom stereocenters. The van der Waals surface area contributed by atoms with Crippen molar-refractivity contribution in [2.45, 2.75) is 63.9 Å². The normalized spacial score (nSPS) is 52.5. The van der Waals surface area contributed by atoms with Crippen LogP contribution in [0.4, 0.5) is 0 Å². The Kier molecular flexibility index (Phi) is 3.23. The van der Waals surface area contributed by atoms with Crippen LogP contribution in [0.5, 0.6) is 0 Å². The first-order valence-corrected chi connectivity index (χ1v) is 11.2. The lowest BCUT2D eigenvalue weighted by atomic mass is 9.47. The number of carbonyl (C=O) groups is 2. The molecule has 4 nitrogen and oxygen atoms in total. The van der Waals surface area contributed by atoms with Gasteiger partial charge in [-0.1, -0.05) is 12.5 Å². The van der Waals surface area contributed by atoms with Gasteiger partial charge in [0.25, 0.3) is 0 Å². The first-order valence-electron chi connectivity index (χ1n) is 11.2. The number of carboxylic acids is 1. The molecule has 5 fully saturated rings. The van der Waals surface area contributed by atoms with E-state index in [4.69, 9.17) is 5.11 Å². The van der Waals surface area contributed by atoms with E-state index < -0.39 is 11.6 Å². The predicted octanol–water partition coefficient (Wildman–Crippen LogP) is 3.75. The van der Waals surface area contributed by atoms with E-state index in [1.54, 1.807) is 6.08 Å². The summed E-state index contributed by atoms with van der Waals surface area (Å²) in [5.74, 6) is 2.48. The monoisotopic (exact) mass is 382 g/mol. The van der Waals surface area contributed by atoms with Gasteiger partial charge in [0.2, 0.25) is 0 Å². The molecular weight excluding hydrogens is 352 g/mol. The summed E-state index contributed by atoms with van der Waals surface area (Å²) in [6, 6.07) is 0. The number of carbonyl (C=O) groups excluding carboxylic acids is 1. The van der Waals surface area contributed by atoms with E-state index in [1.165, 1.54) is 30.9 Å². The van der Waals surface area contributed by atoms with Crippen molar-refractivity contribution < 1.29 is 19.8 Å². The molecule has 0 radical (unpaired) electrons. The van der Waals surface area contributed by atoms with Crippen LogP contribution in [-0.2, 0) is 9.59 Å². The van der Waals surface area contributed by atoms with E-state index in [1.807, 2.05) is 6.08 Å². The Labute approximate surface area is 166 Å². The minimum absolute atomic E-state index is 0.213. The Morgan fingerprint density at radius 1 is 1.18 bits per heavy atom. The zero-order valence-corrected chi connectivity index (χ0v) is 16.6. The SMILES string of the molecule is C[C@]12CC[C@H]3[C@@H](CC4(CC4)C4=CC(=O)CC[C@@H]43)[C@@H]1[C@H]1C[C@H]1[C@@]2(O)/C=C\C(=O)O. The summed E-state index contributed by atoms with van der Waals surface area (Å²) >= 11 is 0. The topological polar surface area (TPSA) is 74.6 Å². The average molecular weight is 383 g/mol. The maximum absolute atomic E-state index is 12.1. The third kappa shape index (κ3) is 2.00. The first-order chi connectivity index (χ1) is 13.3. The number of allylic oxidation sites excluding steroid dienone is 1. The van der Waals surface area contributed by atoms with Crippen LogP contribution in [0.1, 0.15) is 58.3 Å². The van der Waals surface area contributed by atoms with Crippen LogP contribution in [0.2, 0.25) is 0 Å². The van der Waals surface area contributed by atoms with Crippen LogP contribution in [0.3, 0.4) is 0 Å². The Morgan fingerprint density at radius 3 is 2.68 bits per heavy atom. The molecule has 5 saturated carbocycles. The molecule has 6 rings (SSSR count). The van der Waals surface area contributed by atoms with Crippen LogP contribution in [0, 0.1) is 46.3 Å². The number of hydrogen-bond donors (Lipinski definition) is 2. The van der Waals surface area contributed by atoms with Gasteiger partial charge in [0.05, 0.1) is 5.60 Å². The van der Waals surface area contributed by atoms with Gasteiger partial charge in [0.1, 0.15) is 0 Å². The molecule has 0 amide bonds. The smallest absolute Gasteiger partial charge is 0.328 e. The minimum atomic E-state index is -0.971. The molecule has 0 saturated heterocycles. The van der Waals surface area contributed by atoms with E-state index in [2.05, 4.69) is 6.92 Å². The number of aliphatic hydroxyl groups is 1. The van der Waals surface area contributed by atoms with Gasteiger partial charge >= 0.3 is 5.97 Å². The second-order valence-corrected chi connectivity index (χ2v) is 11.0. The molecule has 4 heteroatoms. The van der Waals surface area contributed by atoms with E-state index in [0.29, 0.717) is 41.8 Å². The van der Waals surface area contributed by atoms with Gasteiger partial charge in [-0.05, 0) is 98.0 Å². The van der Waals surface area contributed by atoms with Crippen molar-refractivity contribution in [2.24, 2.45) is 46.3 Å². The van der Waals surface area contributed by atoms with Crippen LogP contribution in [0.25, 0.3) is 0 Å². The number of aliphatic carboxylic acids is 1. The maximum Gasteiger partial charge on any atom is 0.328 e. The summed E-state index contributed by atoms with van der Waals surface area (Å²) in [7, 11) is 0. The van der Waals surface area contributed by atoms with E-state index in [0.717, 1.165) is 25.7 Å². The average Bonchev–Trinajstić information content (AvgIpc) is 3.56. The van der Waals surface area contributed by atoms with Crippen LogP contribution < -0.4 is 0 Å². The molecule has 0 aliphatic heterocycles. The summed E-state index contributed by atoms with van der Waals surface area (Å²) < 4.78 is 0. The number of carboxylic acid groups (broad SMARTS) is 1. The van der Waals surface area contributed by atoms with Crippen molar-refractivity contribution in [2.75, 3.05) is 0 Å². The number of rotatable bonds is 2. The Bertz CT molecular complexity index is 836. The van der Waals surface area contributed by atoms with Crippen molar-refractivity contribution in [1.82, 2.24) is 0 Å². The lowest BCUT2D eigenvalue weighted by Crippen LogP contribution is -2.55. The molecule has 1 spiro atoms. The molecule has 0 heterocycles. The highest BCUT2D eigenvalue weighted by Gasteiger charge is 2.76. The molecule has 0 bridgehead atoms. The zero-order chi connectivity index (χ0) is 19.5. The van der Waals surface area contributed by atoms with E-state index in [9.17, 15) is 14.7 Å². The van der Waals surface area contributed by atoms with Gasteiger partial charge in [-0.15, -0.1) is 0 Å². The summed E-state index contributed by atoms with van der Waals surface area (Å²) in [6.45, 7) is 2.24. The molecule has 2 N–H and O–H groups in total. The molecule has 28 heavy (non-hydrogen) atoms. The Hall–Kier alpha value is -1.42. The van der Waals surface area contributed by atoms with Crippen molar-refractivity contribution in [3.63, 3.8) is 0 Å². The predicted molar refractivity (Wildman–Crippen MR) is 103 cm³/mol. The number of ketones is 1. The third-order valence-corrected chi connectivity index (χ3v) is 10.0. The highest BCUT2D eigenvalue weighted by atomic mass is 16.4. The quantitative estimate of drug-likeness (QED) is 0.714. The summed E-state index contributed by atoms with van der Waals surface area (Å²) in [5, 5.41) is 20.9. The van der Waals surface area contributed by atoms with Crippen molar-refractivity contribution in [1.29, 1.82) is 0 Å². The van der Waals surface area contributed by atoms with Crippen molar-refractivity contribution in [3.05, 3.63) is 23.8 Å². The van der Waals surface area contributed by atoms with E-state index >= 15 is 0 Å². The fourth-order valence-electron chi connectivity index (χ4n) is 8.68. The molecule has 6 aliphatic carbocycles. The van der Waals surface area contributed by atoms with Gasteiger partial charge in [-0.25, -0.2) is 4.79 Å². The van der Waals surface area contributed by atoms with Gasteiger partial charge in [0.15, 0.2) is 5.78 Å². The Morgan fingerprint density at radius 2 is 1.96 bits per heavy atom. The molecule has 0 aromatic rings. The molecule has 8 atom stereocenters. The van der Waals surface area contributed by atoms with Crippen LogP contribution >= 0.6 is 0 Å². The van der Waals surface area contributed by atoms with Crippen molar-refractivity contribution in [3.8, 4) is 0 Å². The maximum atomic E-state index is 12.1. The fourth-order valence-corrected chi connectivity index (χ4v) is 8.68.